The summed E-state index contributed by atoms with van der Waals surface area (Å²) in [5.74, 6) is 0. The third kappa shape index (κ3) is 1.17. The zero-order valence-electron chi connectivity index (χ0n) is 8.45. The van der Waals surface area contributed by atoms with Gasteiger partial charge in [-0.05, 0) is 40.3 Å². The van der Waals surface area contributed by atoms with E-state index in [0.717, 1.165) is 18.1 Å². The Kier molecular flexibility index (Phi) is 2.13. The average molecular weight is 168 g/mol. The molecule has 2 rings (SSSR count). The molecule has 2 heterocycles. The second-order valence-corrected chi connectivity index (χ2v) is 4.52. The number of nitrogens with zero attached hydrogens (tertiary/aromatic N) is 2. The summed E-state index contributed by atoms with van der Waals surface area (Å²) in [5.41, 5.74) is 0. The molecule has 0 saturated carbocycles. The third-order valence-electron chi connectivity index (χ3n) is 3.56. The maximum atomic E-state index is 2.67. The first kappa shape index (κ1) is 8.52. The van der Waals surface area contributed by atoms with Gasteiger partial charge in [0.2, 0.25) is 0 Å². The molecule has 0 amide bonds. The fourth-order valence-corrected chi connectivity index (χ4v) is 2.88. The predicted octanol–water partition coefficient (Wildman–Crippen LogP) is 1.17. The van der Waals surface area contributed by atoms with E-state index in [2.05, 4.69) is 30.7 Å². The van der Waals surface area contributed by atoms with Gasteiger partial charge in [-0.25, -0.2) is 0 Å². The maximum Gasteiger partial charge on any atom is 0.0266 e. The first-order chi connectivity index (χ1) is 5.70. The minimum absolute atomic E-state index is 0.742. The molecule has 12 heavy (non-hydrogen) atoms. The number of hydrogen-bond donors (Lipinski definition) is 0. The molecule has 2 fully saturated rings. The molecule has 2 nitrogen and oxygen atoms in total. The molecule has 0 spiro atoms. The van der Waals surface area contributed by atoms with Crippen molar-refractivity contribution in [2.75, 3.05) is 20.1 Å². The SMILES string of the molecule is CC(C)N1CC[C@@H]2[C@H]1CCN2C. The largest absolute Gasteiger partial charge is 0.302 e. The number of likely N-dealkylation sites (N-methyl/N-ethyl adjacent to an activating group) is 1. The summed E-state index contributed by atoms with van der Waals surface area (Å²) < 4.78 is 0. The number of fused-ring (bicyclic) bond motifs is 1. The first-order valence-electron chi connectivity index (χ1n) is 5.16. The van der Waals surface area contributed by atoms with Crippen molar-refractivity contribution in [1.29, 1.82) is 0 Å². The topological polar surface area (TPSA) is 6.48 Å². The molecule has 0 unspecified atom stereocenters. The lowest BCUT2D eigenvalue weighted by molar-refractivity contribution is 0.196. The van der Waals surface area contributed by atoms with Gasteiger partial charge >= 0.3 is 0 Å². The highest BCUT2D eigenvalue weighted by molar-refractivity contribution is 4.98. The van der Waals surface area contributed by atoms with E-state index in [9.17, 15) is 0 Å². The molecule has 0 aromatic carbocycles. The van der Waals surface area contributed by atoms with Crippen LogP contribution < -0.4 is 0 Å². The summed E-state index contributed by atoms with van der Waals surface area (Å²) in [6.45, 7) is 7.26. The fraction of sp³-hybridized carbons (Fsp3) is 1.00. The van der Waals surface area contributed by atoms with Crippen molar-refractivity contribution in [2.24, 2.45) is 0 Å². The van der Waals surface area contributed by atoms with Gasteiger partial charge in [-0.2, -0.15) is 0 Å². The highest BCUT2D eigenvalue weighted by Gasteiger charge is 2.41. The summed E-state index contributed by atoms with van der Waals surface area (Å²) >= 11 is 0. The molecule has 2 atom stereocenters. The molecule has 0 aliphatic carbocycles. The molecule has 2 heteroatoms. The van der Waals surface area contributed by atoms with E-state index in [1.807, 2.05) is 0 Å². The van der Waals surface area contributed by atoms with Crippen molar-refractivity contribution >= 4 is 0 Å². The van der Waals surface area contributed by atoms with Crippen molar-refractivity contribution in [3.8, 4) is 0 Å². The molecule has 0 radical (unpaired) electrons. The van der Waals surface area contributed by atoms with Crippen molar-refractivity contribution in [3.63, 3.8) is 0 Å². The van der Waals surface area contributed by atoms with Crippen LogP contribution in [0.15, 0.2) is 0 Å². The number of rotatable bonds is 1. The lowest BCUT2D eigenvalue weighted by Crippen LogP contribution is -2.38. The van der Waals surface area contributed by atoms with Crippen LogP contribution in [0, 0.1) is 0 Å². The molecule has 2 aliphatic rings. The van der Waals surface area contributed by atoms with Crippen LogP contribution in [0.25, 0.3) is 0 Å². The summed E-state index contributed by atoms with van der Waals surface area (Å²) in [5, 5.41) is 0. The number of likely N-dealkylation sites (tertiary alicyclic amines) is 2. The molecular formula is C10H20N2. The molecule has 0 bridgehead atoms. The lowest BCUT2D eigenvalue weighted by Gasteiger charge is -2.27. The highest BCUT2D eigenvalue weighted by atomic mass is 15.3. The van der Waals surface area contributed by atoms with E-state index in [-0.39, 0.29) is 0 Å². The quantitative estimate of drug-likeness (QED) is 0.580. The monoisotopic (exact) mass is 168 g/mol. The zero-order chi connectivity index (χ0) is 8.72. The zero-order valence-corrected chi connectivity index (χ0v) is 8.45. The summed E-state index contributed by atoms with van der Waals surface area (Å²) in [7, 11) is 2.27. The van der Waals surface area contributed by atoms with Crippen molar-refractivity contribution in [2.45, 2.75) is 44.8 Å². The van der Waals surface area contributed by atoms with E-state index in [1.165, 1.54) is 25.9 Å². The van der Waals surface area contributed by atoms with Gasteiger partial charge in [0, 0.05) is 24.7 Å². The minimum Gasteiger partial charge on any atom is -0.302 e. The van der Waals surface area contributed by atoms with Crippen LogP contribution in [0.5, 0.6) is 0 Å². The third-order valence-corrected chi connectivity index (χ3v) is 3.56. The Labute approximate surface area is 75.5 Å². The van der Waals surface area contributed by atoms with Crippen LogP contribution >= 0.6 is 0 Å². The molecule has 2 saturated heterocycles. The molecule has 0 aromatic heterocycles. The van der Waals surface area contributed by atoms with Gasteiger partial charge in [-0.1, -0.05) is 0 Å². The first-order valence-corrected chi connectivity index (χ1v) is 5.16. The Balaban J connectivity index is 2.05. The van der Waals surface area contributed by atoms with Gasteiger partial charge in [-0.3, -0.25) is 4.90 Å². The standard InChI is InChI=1S/C10H20N2/c1-8(2)12-7-5-9-10(12)4-6-11(9)3/h8-10H,4-7H2,1-3H3/t9-,10-/m1/s1. The van der Waals surface area contributed by atoms with E-state index in [0.29, 0.717) is 0 Å². The van der Waals surface area contributed by atoms with E-state index in [1.54, 1.807) is 0 Å². The van der Waals surface area contributed by atoms with E-state index in [4.69, 9.17) is 0 Å². The second kappa shape index (κ2) is 3.00. The Morgan fingerprint density at radius 1 is 1.08 bits per heavy atom. The lowest BCUT2D eigenvalue weighted by atomic mass is 10.1. The Hall–Kier alpha value is -0.0800. The Morgan fingerprint density at radius 2 is 1.75 bits per heavy atom. The van der Waals surface area contributed by atoms with Crippen molar-refractivity contribution in [1.82, 2.24) is 9.80 Å². The molecule has 70 valence electrons. The predicted molar refractivity (Wildman–Crippen MR) is 51.3 cm³/mol. The smallest absolute Gasteiger partial charge is 0.0266 e. The Morgan fingerprint density at radius 3 is 2.42 bits per heavy atom. The molecule has 0 aromatic rings. The van der Waals surface area contributed by atoms with Gasteiger partial charge in [0.1, 0.15) is 0 Å². The maximum absolute atomic E-state index is 2.67. The van der Waals surface area contributed by atoms with Crippen molar-refractivity contribution < 1.29 is 0 Å². The molecular weight excluding hydrogens is 148 g/mol. The van der Waals surface area contributed by atoms with Crippen LogP contribution in [-0.2, 0) is 0 Å². The van der Waals surface area contributed by atoms with E-state index >= 15 is 0 Å². The minimum atomic E-state index is 0.742. The molecule has 2 aliphatic heterocycles. The van der Waals surface area contributed by atoms with Gasteiger partial charge in [0.15, 0.2) is 0 Å². The van der Waals surface area contributed by atoms with Gasteiger partial charge in [-0.15, -0.1) is 0 Å². The van der Waals surface area contributed by atoms with Crippen LogP contribution in [0.4, 0.5) is 0 Å². The van der Waals surface area contributed by atoms with Crippen molar-refractivity contribution in [3.05, 3.63) is 0 Å². The van der Waals surface area contributed by atoms with Gasteiger partial charge in [0.25, 0.3) is 0 Å². The van der Waals surface area contributed by atoms with Crippen LogP contribution in [0.2, 0.25) is 0 Å². The normalized spacial score (nSPS) is 38.0. The number of hydrogen-bond acceptors (Lipinski definition) is 2. The van der Waals surface area contributed by atoms with E-state index < -0.39 is 0 Å². The fourth-order valence-electron chi connectivity index (χ4n) is 2.88. The summed E-state index contributed by atoms with van der Waals surface area (Å²) in [6, 6.07) is 2.48. The van der Waals surface area contributed by atoms with Gasteiger partial charge < -0.3 is 4.90 Å². The average Bonchev–Trinajstić information content (AvgIpc) is 2.53. The summed E-state index contributed by atoms with van der Waals surface area (Å²) in [6.07, 6.45) is 2.78. The van der Waals surface area contributed by atoms with Crippen LogP contribution in [-0.4, -0.2) is 48.1 Å². The second-order valence-electron chi connectivity index (χ2n) is 4.52. The molecule has 0 N–H and O–H groups in total. The van der Waals surface area contributed by atoms with Gasteiger partial charge in [0.05, 0.1) is 0 Å². The Bertz CT molecular complexity index is 167. The van der Waals surface area contributed by atoms with Crippen LogP contribution in [0.3, 0.4) is 0 Å². The van der Waals surface area contributed by atoms with Crippen LogP contribution in [0.1, 0.15) is 26.7 Å². The summed E-state index contributed by atoms with van der Waals surface area (Å²) in [4.78, 5) is 5.21. The highest BCUT2D eigenvalue weighted by Crippen LogP contribution is 2.31.